The third-order valence-corrected chi connectivity index (χ3v) is 10.9. The summed E-state index contributed by atoms with van der Waals surface area (Å²) in [5.74, 6) is 1.46. The second-order valence-corrected chi connectivity index (χ2v) is 14.3. The molecule has 14 nitrogen and oxygen atoms in total. The van der Waals surface area contributed by atoms with Crippen LogP contribution in [0.5, 0.6) is 28.7 Å². The van der Waals surface area contributed by atoms with Crippen LogP contribution in [-0.2, 0) is 4.74 Å². The van der Waals surface area contributed by atoms with Crippen LogP contribution in [-0.4, -0.2) is 106 Å². The van der Waals surface area contributed by atoms with Gasteiger partial charge in [-0.3, -0.25) is 29.2 Å². The van der Waals surface area contributed by atoms with E-state index in [1.165, 1.54) is 7.11 Å². The fourth-order valence-electron chi connectivity index (χ4n) is 7.99. The Bertz CT molecular complexity index is 2390. The van der Waals surface area contributed by atoms with Crippen LogP contribution in [0.25, 0.3) is 0 Å². The molecule has 0 N–H and O–H groups in total. The van der Waals surface area contributed by atoms with Gasteiger partial charge in [0.15, 0.2) is 41.4 Å². The molecular formula is C44H42N4O10. The number of amides is 2. The van der Waals surface area contributed by atoms with Crippen molar-refractivity contribution in [3.8, 4) is 28.7 Å². The smallest absolute Gasteiger partial charge is 0.256 e. The first-order valence-corrected chi connectivity index (χ1v) is 19.1. The minimum absolute atomic E-state index is 0.00147. The monoisotopic (exact) mass is 786 g/mol. The van der Waals surface area contributed by atoms with Crippen LogP contribution in [0, 0.1) is 6.92 Å². The molecule has 14 heteroatoms. The van der Waals surface area contributed by atoms with E-state index in [1.807, 2.05) is 22.2 Å². The normalized spacial score (nSPS) is 18.4. The van der Waals surface area contributed by atoms with Crippen molar-refractivity contribution in [3.05, 3.63) is 99.6 Å². The summed E-state index contributed by atoms with van der Waals surface area (Å²) in [5.41, 5.74) is 4.15. The molecule has 4 aliphatic heterocycles. The van der Waals surface area contributed by atoms with Crippen LogP contribution in [0.2, 0.25) is 0 Å². The number of fused-ring (bicyclic) bond motifs is 6. The van der Waals surface area contributed by atoms with Crippen molar-refractivity contribution in [2.45, 2.75) is 44.7 Å². The number of benzene rings is 4. The van der Waals surface area contributed by atoms with Gasteiger partial charge in [-0.05, 0) is 56.4 Å². The number of nitrogens with zero attached hydrogens (tertiary/aromatic N) is 4. The van der Waals surface area contributed by atoms with Crippen LogP contribution in [0.15, 0.2) is 70.6 Å². The summed E-state index contributed by atoms with van der Waals surface area (Å²) >= 11 is 0. The van der Waals surface area contributed by atoms with Crippen molar-refractivity contribution < 1.29 is 47.6 Å². The highest BCUT2D eigenvalue weighted by molar-refractivity contribution is 6.29. The minimum atomic E-state index is -0.264. The van der Waals surface area contributed by atoms with Crippen molar-refractivity contribution >= 4 is 47.2 Å². The Morgan fingerprint density at radius 2 is 1.09 bits per heavy atom. The summed E-state index contributed by atoms with van der Waals surface area (Å²) in [6.07, 6.45) is 7.49. The maximum absolute atomic E-state index is 13.3. The fourth-order valence-corrected chi connectivity index (χ4v) is 7.99. The van der Waals surface area contributed by atoms with Gasteiger partial charge in [-0.15, -0.1) is 0 Å². The Hall–Kier alpha value is -6.54. The van der Waals surface area contributed by atoms with Gasteiger partial charge in [-0.2, -0.15) is 0 Å². The number of aryl methyl sites for hydroxylation is 1. The molecule has 2 saturated heterocycles. The van der Waals surface area contributed by atoms with Crippen molar-refractivity contribution in [1.82, 2.24) is 9.80 Å². The first-order chi connectivity index (χ1) is 28.2. The Labute approximate surface area is 335 Å². The lowest BCUT2D eigenvalue weighted by Crippen LogP contribution is -2.35. The lowest BCUT2D eigenvalue weighted by atomic mass is 9.81. The van der Waals surface area contributed by atoms with Gasteiger partial charge in [0.2, 0.25) is 6.79 Å². The molecule has 0 spiro atoms. The van der Waals surface area contributed by atoms with E-state index >= 15 is 0 Å². The molecular weight excluding hydrogens is 745 g/mol. The molecule has 2 fully saturated rings. The number of ether oxygens (including phenoxy) is 6. The maximum Gasteiger partial charge on any atom is 0.256 e. The summed E-state index contributed by atoms with van der Waals surface area (Å²) in [6.45, 7) is 3.14. The van der Waals surface area contributed by atoms with Crippen LogP contribution >= 0.6 is 0 Å². The zero-order chi connectivity index (χ0) is 40.5. The Kier molecular flexibility index (Phi) is 10.7. The molecule has 4 heterocycles. The van der Waals surface area contributed by atoms with E-state index in [0.717, 1.165) is 32.2 Å². The van der Waals surface area contributed by atoms with Crippen molar-refractivity contribution in [1.29, 1.82) is 0 Å². The van der Waals surface area contributed by atoms with Gasteiger partial charge in [0.05, 0.1) is 54.4 Å². The molecule has 0 aromatic heterocycles. The number of carbonyl (C=O) groups is 4. The summed E-state index contributed by atoms with van der Waals surface area (Å²) in [7, 11) is 4.59. The Balaban J connectivity index is 0.000000189. The lowest BCUT2D eigenvalue weighted by molar-refractivity contribution is 0.0492. The molecule has 9 rings (SSSR count). The SMILES string of the molecule is COCOc1cc2c(cc1OC)C(=O)N1CCC[C@H]1C=N2.COc1cc2c(cc1OCOc1ccc(C)c3c1C(=O)c1ccccc1C3=O)N=C[C@@H]1CCCN1C2=O. The minimum Gasteiger partial charge on any atom is -0.493 e. The second-order valence-electron chi connectivity index (χ2n) is 14.3. The first-order valence-electron chi connectivity index (χ1n) is 19.1. The topological polar surface area (TPSA) is 155 Å². The van der Waals surface area contributed by atoms with Crippen LogP contribution < -0.4 is 23.7 Å². The highest BCUT2D eigenvalue weighted by atomic mass is 16.7. The molecule has 298 valence electrons. The third kappa shape index (κ3) is 6.93. The molecule has 0 saturated carbocycles. The van der Waals surface area contributed by atoms with E-state index in [0.29, 0.717) is 74.3 Å². The summed E-state index contributed by atoms with van der Waals surface area (Å²) < 4.78 is 32.9. The molecule has 2 atom stereocenters. The van der Waals surface area contributed by atoms with Gasteiger partial charge in [-0.1, -0.05) is 30.3 Å². The molecule has 0 bridgehead atoms. The molecule has 0 unspecified atom stereocenters. The van der Waals surface area contributed by atoms with Crippen molar-refractivity contribution in [2.75, 3.05) is 48.0 Å². The summed E-state index contributed by atoms with van der Waals surface area (Å²) in [5, 5.41) is 0. The number of aliphatic imine (C=N–C) groups is 2. The van der Waals surface area contributed by atoms with Gasteiger partial charge in [0.25, 0.3) is 11.8 Å². The van der Waals surface area contributed by atoms with Gasteiger partial charge in [-0.25, -0.2) is 0 Å². The van der Waals surface area contributed by atoms with Gasteiger partial charge < -0.3 is 38.2 Å². The average molecular weight is 787 g/mol. The largest absolute Gasteiger partial charge is 0.493 e. The maximum atomic E-state index is 13.3. The number of carbonyl (C=O) groups excluding carboxylic acids is 4. The molecule has 0 radical (unpaired) electrons. The molecule has 2 amide bonds. The number of hydrogen-bond donors (Lipinski definition) is 0. The third-order valence-electron chi connectivity index (χ3n) is 10.9. The average Bonchev–Trinajstić information content (AvgIpc) is 3.88. The van der Waals surface area contributed by atoms with Crippen LogP contribution in [0.4, 0.5) is 11.4 Å². The zero-order valence-electron chi connectivity index (χ0n) is 32.6. The number of ketones is 2. The number of hydrogen-bond acceptors (Lipinski definition) is 12. The Morgan fingerprint density at radius 1 is 0.586 bits per heavy atom. The zero-order valence-corrected chi connectivity index (χ0v) is 32.6. The second kappa shape index (κ2) is 16.1. The lowest BCUT2D eigenvalue weighted by Gasteiger charge is -2.22. The van der Waals surface area contributed by atoms with E-state index in [9.17, 15) is 19.2 Å². The van der Waals surface area contributed by atoms with Crippen LogP contribution in [0.3, 0.4) is 0 Å². The fraction of sp³-hybridized carbons (Fsp3) is 0.318. The standard InChI is InChI=1S/C29H24N2O6.C15H18N2O4/c1-16-9-10-22(26-25(16)27(32)18-7-3-4-8-19(18)28(26)33)36-15-37-24-13-21-20(12-23(24)35-2)29(34)31-11-5-6-17(31)14-30-21;1-19-9-21-14-7-12-11(6-13(14)20-2)15(18)17-5-3-4-10(17)8-16-12/h3-4,7-10,12-14,17H,5-6,11,15H2,1-2H3;6-8,10H,3-5,9H2,1-2H3/t17-;10-/m00/s1. The molecule has 4 aromatic rings. The van der Waals surface area contributed by atoms with Gasteiger partial charge in [0.1, 0.15) is 5.75 Å². The Morgan fingerprint density at radius 3 is 1.60 bits per heavy atom. The number of methoxy groups -OCH3 is 3. The van der Waals surface area contributed by atoms with Crippen molar-refractivity contribution in [2.24, 2.45) is 9.98 Å². The highest BCUT2D eigenvalue weighted by Crippen LogP contribution is 2.40. The summed E-state index contributed by atoms with van der Waals surface area (Å²) in [4.78, 5) is 64.9. The molecule has 5 aliphatic rings. The van der Waals surface area contributed by atoms with Crippen molar-refractivity contribution in [3.63, 3.8) is 0 Å². The first kappa shape index (κ1) is 38.3. The molecule has 4 aromatic carbocycles. The van der Waals surface area contributed by atoms with Gasteiger partial charge >= 0.3 is 0 Å². The van der Waals surface area contributed by atoms with E-state index in [-0.39, 0.29) is 60.4 Å². The predicted octanol–water partition coefficient (Wildman–Crippen LogP) is 6.51. The van der Waals surface area contributed by atoms with E-state index in [2.05, 4.69) is 9.98 Å². The number of rotatable bonds is 9. The van der Waals surface area contributed by atoms with E-state index in [4.69, 9.17) is 28.4 Å². The quantitative estimate of drug-likeness (QED) is 0.151. The molecule has 1 aliphatic carbocycles. The van der Waals surface area contributed by atoms with E-state index in [1.54, 1.807) is 81.8 Å². The highest BCUT2D eigenvalue weighted by Gasteiger charge is 2.35. The van der Waals surface area contributed by atoms with Gasteiger partial charge in [0, 0.05) is 61.5 Å². The summed E-state index contributed by atoms with van der Waals surface area (Å²) in [6, 6.07) is 17.0. The molecule has 58 heavy (non-hydrogen) atoms. The predicted molar refractivity (Wildman–Crippen MR) is 214 cm³/mol. The van der Waals surface area contributed by atoms with E-state index < -0.39 is 0 Å². The van der Waals surface area contributed by atoms with Crippen LogP contribution in [0.1, 0.15) is 83.8 Å².